The molecule has 1 unspecified atom stereocenters. The smallest absolute Gasteiger partial charge is 0.416 e. The lowest BCUT2D eigenvalue weighted by Crippen LogP contribution is -2.31. The molecule has 1 atom stereocenters. The summed E-state index contributed by atoms with van der Waals surface area (Å²) in [5, 5.41) is 2.98. The number of methoxy groups -OCH3 is 1. The van der Waals surface area contributed by atoms with Crippen LogP contribution in [0, 0.1) is 0 Å². The number of aromatic nitrogens is 2. The molecule has 0 spiro atoms. The molecule has 9 heteroatoms. The molecule has 1 N–H and O–H groups in total. The van der Waals surface area contributed by atoms with E-state index < -0.39 is 23.7 Å². The summed E-state index contributed by atoms with van der Waals surface area (Å²) in [5.74, 6) is 1.08. The fraction of sp³-hybridized carbons (Fsp3) is 0.154. The van der Waals surface area contributed by atoms with Gasteiger partial charge in [0.2, 0.25) is 0 Å². The van der Waals surface area contributed by atoms with Gasteiger partial charge in [0.05, 0.1) is 12.7 Å². The summed E-state index contributed by atoms with van der Waals surface area (Å²) in [5.41, 5.74) is 0.222. The number of hydrogen-bond donors (Lipinski definition) is 1. The molecule has 3 aromatic carbocycles. The van der Waals surface area contributed by atoms with Crippen molar-refractivity contribution in [2.45, 2.75) is 12.2 Å². The first kappa shape index (κ1) is 23.9. The number of nitrogens with one attached hydrogen (secondary N) is 1. The minimum atomic E-state index is -4.48. The van der Waals surface area contributed by atoms with Crippen LogP contribution in [0.2, 0.25) is 0 Å². The molecule has 0 aliphatic carbocycles. The molecule has 1 heterocycles. The van der Waals surface area contributed by atoms with Gasteiger partial charge < -0.3 is 19.4 Å². The summed E-state index contributed by atoms with van der Waals surface area (Å²) in [7, 11) is 3.38. The third-order valence-electron chi connectivity index (χ3n) is 5.31. The van der Waals surface area contributed by atoms with Crippen molar-refractivity contribution in [1.82, 2.24) is 14.9 Å². The highest BCUT2D eigenvalue weighted by atomic mass is 19.4. The van der Waals surface area contributed by atoms with E-state index in [4.69, 9.17) is 9.47 Å². The lowest BCUT2D eigenvalue weighted by molar-refractivity contribution is -0.137. The Labute approximate surface area is 200 Å². The summed E-state index contributed by atoms with van der Waals surface area (Å²) in [6.07, 6.45) is -1.07. The van der Waals surface area contributed by atoms with E-state index in [1.165, 1.54) is 18.2 Å². The van der Waals surface area contributed by atoms with Crippen molar-refractivity contribution >= 4 is 5.91 Å². The van der Waals surface area contributed by atoms with Crippen molar-refractivity contribution in [1.29, 1.82) is 0 Å². The van der Waals surface area contributed by atoms with E-state index in [1.807, 2.05) is 25.2 Å². The summed E-state index contributed by atoms with van der Waals surface area (Å²) >= 11 is 0. The van der Waals surface area contributed by atoms with E-state index in [-0.39, 0.29) is 17.1 Å². The highest BCUT2D eigenvalue weighted by molar-refractivity contribution is 5.95. The van der Waals surface area contributed by atoms with E-state index in [1.54, 1.807) is 48.3 Å². The Morgan fingerprint density at radius 1 is 0.971 bits per heavy atom. The van der Waals surface area contributed by atoms with Crippen molar-refractivity contribution in [3.05, 3.63) is 108 Å². The van der Waals surface area contributed by atoms with Gasteiger partial charge in [-0.1, -0.05) is 24.3 Å². The average Bonchev–Trinajstić information content (AvgIpc) is 3.27. The number of ether oxygens (including phenoxy) is 2. The quantitative estimate of drug-likeness (QED) is 0.365. The Morgan fingerprint density at radius 2 is 1.66 bits per heavy atom. The molecule has 4 rings (SSSR count). The van der Waals surface area contributed by atoms with Crippen LogP contribution in [0.25, 0.3) is 0 Å². The van der Waals surface area contributed by atoms with Crippen LogP contribution < -0.4 is 14.8 Å². The molecule has 0 fully saturated rings. The number of rotatable bonds is 7. The fourth-order valence-electron chi connectivity index (χ4n) is 3.56. The molecule has 180 valence electrons. The predicted molar refractivity (Wildman–Crippen MR) is 123 cm³/mol. The summed E-state index contributed by atoms with van der Waals surface area (Å²) in [6, 6.07) is 17.5. The van der Waals surface area contributed by atoms with Crippen LogP contribution in [0.1, 0.15) is 33.4 Å². The largest absolute Gasteiger partial charge is 0.497 e. The number of carbonyl (C=O) groups is 1. The summed E-state index contributed by atoms with van der Waals surface area (Å²) in [4.78, 5) is 17.6. The molecule has 35 heavy (non-hydrogen) atoms. The van der Waals surface area contributed by atoms with Crippen LogP contribution >= 0.6 is 0 Å². The van der Waals surface area contributed by atoms with Gasteiger partial charge in [0.1, 0.15) is 29.1 Å². The van der Waals surface area contributed by atoms with Gasteiger partial charge in [-0.2, -0.15) is 13.2 Å². The van der Waals surface area contributed by atoms with Gasteiger partial charge in [-0.25, -0.2) is 4.98 Å². The number of carbonyl (C=O) groups excluding carboxylic acids is 1. The second-order valence-corrected chi connectivity index (χ2v) is 7.73. The van der Waals surface area contributed by atoms with E-state index in [0.717, 1.165) is 17.7 Å². The van der Waals surface area contributed by atoms with Crippen LogP contribution in [0.4, 0.5) is 13.2 Å². The van der Waals surface area contributed by atoms with Crippen molar-refractivity contribution in [2.24, 2.45) is 7.05 Å². The molecule has 6 nitrogen and oxygen atoms in total. The van der Waals surface area contributed by atoms with Crippen LogP contribution in [0.15, 0.2) is 85.2 Å². The minimum Gasteiger partial charge on any atom is -0.497 e. The zero-order valence-corrected chi connectivity index (χ0v) is 18.9. The Kier molecular flexibility index (Phi) is 6.77. The minimum absolute atomic E-state index is 0.0136. The van der Waals surface area contributed by atoms with Gasteiger partial charge in [0.15, 0.2) is 0 Å². The number of alkyl halides is 3. The summed E-state index contributed by atoms with van der Waals surface area (Å²) in [6.45, 7) is 0. The Bertz CT molecular complexity index is 1330. The highest BCUT2D eigenvalue weighted by Gasteiger charge is 2.30. The van der Waals surface area contributed by atoms with E-state index >= 15 is 0 Å². The Morgan fingerprint density at radius 3 is 2.34 bits per heavy atom. The SMILES string of the molecule is COc1cccc(C(NC(=O)c2cccc(Oc3cccc(C(F)(F)F)c3)c2)c2nccn2C)c1. The predicted octanol–water partition coefficient (Wildman–Crippen LogP) is 5.76. The number of nitrogens with zero attached hydrogens (tertiary/aromatic N) is 2. The van der Waals surface area contributed by atoms with Crippen LogP contribution in [0.5, 0.6) is 17.2 Å². The van der Waals surface area contributed by atoms with Crippen LogP contribution in [-0.4, -0.2) is 22.6 Å². The van der Waals surface area contributed by atoms with Gasteiger partial charge in [0, 0.05) is 25.0 Å². The van der Waals surface area contributed by atoms with E-state index in [0.29, 0.717) is 11.6 Å². The monoisotopic (exact) mass is 481 g/mol. The lowest BCUT2D eigenvalue weighted by atomic mass is 10.0. The molecule has 0 aliphatic rings. The molecular formula is C26H22F3N3O3. The van der Waals surface area contributed by atoms with Gasteiger partial charge in [-0.05, 0) is 54.1 Å². The number of benzene rings is 3. The number of aryl methyl sites for hydroxylation is 1. The standard InChI is InChI=1S/C26H22F3N3O3/c1-32-13-12-30-24(32)23(17-6-3-9-20(14-17)34-2)31-25(33)18-7-4-10-21(15-18)35-22-11-5-8-19(16-22)26(27,28)29/h3-16,23H,1-2H3,(H,31,33). The molecule has 0 radical (unpaired) electrons. The molecule has 0 bridgehead atoms. The average molecular weight is 481 g/mol. The molecule has 0 aliphatic heterocycles. The molecule has 0 saturated heterocycles. The first-order chi connectivity index (χ1) is 16.7. The van der Waals surface area contributed by atoms with Crippen molar-refractivity contribution in [3.8, 4) is 17.2 Å². The van der Waals surface area contributed by atoms with Crippen molar-refractivity contribution < 1.29 is 27.4 Å². The summed E-state index contributed by atoms with van der Waals surface area (Å²) < 4.78 is 51.7. The van der Waals surface area contributed by atoms with Gasteiger partial charge in [-0.15, -0.1) is 0 Å². The maximum absolute atomic E-state index is 13.2. The molecular weight excluding hydrogens is 459 g/mol. The zero-order chi connectivity index (χ0) is 25.0. The first-order valence-electron chi connectivity index (χ1n) is 10.6. The van der Waals surface area contributed by atoms with Crippen molar-refractivity contribution in [3.63, 3.8) is 0 Å². The normalized spacial score (nSPS) is 12.1. The number of amides is 1. The van der Waals surface area contributed by atoms with E-state index in [9.17, 15) is 18.0 Å². The lowest BCUT2D eigenvalue weighted by Gasteiger charge is -2.20. The number of imidazole rings is 1. The maximum atomic E-state index is 13.2. The first-order valence-corrected chi connectivity index (χ1v) is 10.6. The number of halogens is 3. The Hall–Kier alpha value is -4.27. The third kappa shape index (κ3) is 5.63. The van der Waals surface area contributed by atoms with Crippen LogP contribution in [-0.2, 0) is 13.2 Å². The van der Waals surface area contributed by atoms with Crippen LogP contribution in [0.3, 0.4) is 0 Å². The number of hydrogen-bond acceptors (Lipinski definition) is 4. The molecule has 0 saturated carbocycles. The second kappa shape index (κ2) is 9.92. The third-order valence-corrected chi connectivity index (χ3v) is 5.31. The molecule has 1 aromatic heterocycles. The highest BCUT2D eigenvalue weighted by Crippen LogP contribution is 2.33. The Balaban J connectivity index is 1.59. The van der Waals surface area contributed by atoms with Gasteiger partial charge in [-0.3, -0.25) is 4.79 Å². The maximum Gasteiger partial charge on any atom is 0.416 e. The second-order valence-electron chi connectivity index (χ2n) is 7.73. The van der Waals surface area contributed by atoms with Crippen molar-refractivity contribution in [2.75, 3.05) is 7.11 Å². The molecule has 4 aromatic rings. The molecule has 1 amide bonds. The fourth-order valence-corrected chi connectivity index (χ4v) is 3.56. The zero-order valence-electron chi connectivity index (χ0n) is 18.9. The van der Waals surface area contributed by atoms with Gasteiger partial charge in [0.25, 0.3) is 5.91 Å². The topological polar surface area (TPSA) is 65.4 Å². The van der Waals surface area contributed by atoms with Gasteiger partial charge >= 0.3 is 6.18 Å². The van der Waals surface area contributed by atoms with E-state index in [2.05, 4.69) is 10.3 Å².